The van der Waals surface area contributed by atoms with E-state index in [-0.39, 0.29) is 12.1 Å². The maximum Gasteiger partial charge on any atom is 0.417 e. The lowest BCUT2D eigenvalue weighted by Crippen LogP contribution is -2.47. The van der Waals surface area contributed by atoms with Gasteiger partial charge in [0.1, 0.15) is 29.1 Å². The van der Waals surface area contributed by atoms with E-state index >= 15 is 0 Å². The zero-order chi connectivity index (χ0) is 34.8. The number of imide groups is 1. The van der Waals surface area contributed by atoms with Gasteiger partial charge >= 0.3 is 6.09 Å². The summed E-state index contributed by atoms with van der Waals surface area (Å²) in [5.74, 6) is -0.305. The Bertz CT molecular complexity index is 1990. The number of rotatable bonds is 6. The summed E-state index contributed by atoms with van der Waals surface area (Å²) in [4.78, 5) is 42.6. The number of halogens is 2. The third-order valence-electron chi connectivity index (χ3n) is 10.4. The third-order valence-corrected chi connectivity index (χ3v) is 10.4. The first-order valence-corrected chi connectivity index (χ1v) is 17.3. The van der Waals surface area contributed by atoms with E-state index in [2.05, 4.69) is 26.2 Å². The monoisotopic (exact) mass is 685 g/mol. The zero-order valence-corrected chi connectivity index (χ0v) is 28.5. The molecule has 1 spiro atoms. The largest absolute Gasteiger partial charge is 0.443 e. The molecule has 13 heteroatoms. The molecule has 1 aromatic carbocycles. The number of alkyl halides is 1. The van der Waals surface area contributed by atoms with Gasteiger partial charge in [-0.1, -0.05) is 12.1 Å². The van der Waals surface area contributed by atoms with Crippen molar-refractivity contribution in [2.75, 3.05) is 44.7 Å². The van der Waals surface area contributed by atoms with Crippen LogP contribution in [0.3, 0.4) is 0 Å². The second kappa shape index (κ2) is 12.4. The van der Waals surface area contributed by atoms with Gasteiger partial charge in [0.25, 0.3) is 5.91 Å². The number of nitrogens with one attached hydrogen (secondary N) is 1. The molecule has 0 radical (unpaired) electrons. The Hall–Kier alpha value is -4.46. The summed E-state index contributed by atoms with van der Waals surface area (Å²) in [6, 6.07) is 10.5. The molecule has 11 nitrogen and oxygen atoms in total. The molecule has 0 bridgehead atoms. The first-order valence-electron chi connectivity index (χ1n) is 17.3. The molecule has 2 amide bonds. The molecule has 1 N–H and O–H groups in total. The molecule has 262 valence electrons. The Morgan fingerprint density at radius 2 is 1.94 bits per heavy atom. The van der Waals surface area contributed by atoms with E-state index in [4.69, 9.17) is 14.5 Å². The summed E-state index contributed by atoms with van der Waals surface area (Å²) in [5.41, 5.74) is 4.44. The first kappa shape index (κ1) is 32.7. The molecule has 7 heterocycles. The van der Waals surface area contributed by atoms with Crippen LogP contribution in [0.25, 0.3) is 16.9 Å². The standard InChI is InChI=1S/C37H41F2N7O4/c1-36(2,3)50-35(48)46-21-26-25(30-19-40-32-18-23(38)9-13-45(30)32)4-6-28(33(26)34(46)47)41-31-7-5-27-29(42-31)22-44(37(27)10-16-49-17-11-37)15-14-43-12-8-24(39)20-43/h4-7,9,13,18-19,24H,8,10-12,14-17,20-22H2,1-3H3,(H,41,42)/t24-/m0/s1. The van der Waals surface area contributed by atoms with Gasteiger partial charge in [-0.05, 0) is 69.4 Å². The van der Waals surface area contributed by atoms with Gasteiger partial charge < -0.3 is 14.8 Å². The van der Waals surface area contributed by atoms with Crippen LogP contribution in [-0.4, -0.2) is 92.2 Å². The minimum Gasteiger partial charge on any atom is -0.443 e. The van der Waals surface area contributed by atoms with Crippen LogP contribution in [0, 0.1) is 5.82 Å². The van der Waals surface area contributed by atoms with Gasteiger partial charge in [0.15, 0.2) is 0 Å². The molecule has 0 aliphatic carbocycles. The predicted octanol–water partition coefficient (Wildman–Crippen LogP) is 6.04. The average Bonchev–Trinajstić information content (AvgIpc) is 3.84. The molecule has 4 aliphatic rings. The number of hydrogen-bond donors (Lipinski definition) is 1. The highest BCUT2D eigenvalue weighted by atomic mass is 19.1. The van der Waals surface area contributed by atoms with Crippen LogP contribution in [0.5, 0.6) is 0 Å². The maximum atomic E-state index is 14.0. The first-order chi connectivity index (χ1) is 24.0. The highest BCUT2D eigenvalue weighted by Crippen LogP contribution is 2.46. The summed E-state index contributed by atoms with van der Waals surface area (Å²) in [7, 11) is 0. The van der Waals surface area contributed by atoms with Crippen molar-refractivity contribution >= 4 is 29.2 Å². The molecule has 50 heavy (non-hydrogen) atoms. The van der Waals surface area contributed by atoms with E-state index in [1.54, 1.807) is 37.6 Å². The Kier molecular flexibility index (Phi) is 8.11. The van der Waals surface area contributed by atoms with Crippen molar-refractivity contribution in [3.05, 3.63) is 77.0 Å². The SMILES string of the molecule is CC(C)(C)OC(=O)N1Cc2c(-c3cnc4cc(F)ccn34)ccc(Nc3ccc4c(n3)CN(CCN3CC[C@H](F)C3)C43CCOCC3)c2C1=O. The maximum absolute atomic E-state index is 14.0. The number of carbonyl (C=O) groups excluding carboxylic acids is 2. The molecule has 2 fully saturated rings. The second-order valence-corrected chi connectivity index (χ2v) is 14.7. The topological polar surface area (TPSA) is 105 Å². The highest BCUT2D eigenvalue weighted by molar-refractivity contribution is 6.11. The fraction of sp³-hybridized carbons (Fsp3) is 0.459. The molecule has 0 saturated carbocycles. The van der Waals surface area contributed by atoms with Crippen molar-refractivity contribution in [3.63, 3.8) is 0 Å². The van der Waals surface area contributed by atoms with Gasteiger partial charge in [0.05, 0.1) is 40.9 Å². The molecule has 1 atom stereocenters. The lowest BCUT2D eigenvalue weighted by atomic mass is 9.83. The molecule has 4 aromatic rings. The molecule has 4 aliphatic heterocycles. The minimum atomic E-state index is -0.796. The number of pyridine rings is 2. The second-order valence-electron chi connectivity index (χ2n) is 14.7. The van der Waals surface area contributed by atoms with E-state index in [0.29, 0.717) is 72.3 Å². The molecular formula is C37H41F2N7O4. The van der Waals surface area contributed by atoms with Crippen molar-refractivity contribution in [1.82, 2.24) is 29.1 Å². The smallest absolute Gasteiger partial charge is 0.417 e. The van der Waals surface area contributed by atoms with E-state index in [1.165, 1.54) is 17.7 Å². The molecule has 3 aromatic heterocycles. The van der Waals surface area contributed by atoms with E-state index in [1.807, 2.05) is 18.2 Å². The van der Waals surface area contributed by atoms with Gasteiger partial charge in [-0.2, -0.15) is 0 Å². The Morgan fingerprint density at radius 3 is 2.70 bits per heavy atom. The van der Waals surface area contributed by atoms with Crippen molar-refractivity contribution in [1.29, 1.82) is 0 Å². The summed E-state index contributed by atoms with van der Waals surface area (Å²) in [5, 5.41) is 3.40. The number of anilines is 2. The van der Waals surface area contributed by atoms with Crippen LogP contribution in [-0.2, 0) is 28.1 Å². The number of nitrogens with zero attached hydrogens (tertiary/aromatic N) is 6. The summed E-state index contributed by atoms with van der Waals surface area (Å²) >= 11 is 0. The molecule has 0 unspecified atom stereocenters. The van der Waals surface area contributed by atoms with Crippen molar-refractivity contribution < 1.29 is 27.8 Å². The van der Waals surface area contributed by atoms with Crippen LogP contribution >= 0.6 is 0 Å². The van der Waals surface area contributed by atoms with Gasteiger partial charge in [-0.15, -0.1) is 0 Å². The quantitative estimate of drug-likeness (QED) is 0.260. The number of likely N-dealkylation sites (tertiary alicyclic amines) is 1. The summed E-state index contributed by atoms with van der Waals surface area (Å²) < 4.78 is 41.0. The van der Waals surface area contributed by atoms with Crippen molar-refractivity contribution in [3.8, 4) is 11.3 Å². The number of hydrogen-bond acceptors (Lipinski definition) is 9. The summed E-state index contributed by atoms with van der Waals surface area (Å²) in [6.07, 6.45) is 4.07. The van der Waals surface area contributed by atoms with Crippen LogP contribution < -0.4 is 5.32 Å². The number of carbonyl (C=O) groups is 2. The lowest BCUT2D eigenvalue weighted by molar-refractivity contribution is -0.0274. The van der Waals surface area contributed by atoms with Crippen LogP contribution in [0.2, 0.25) is 0 Å². The number of ether oxygens (including phenoxy) is 2. The molecular weight excluding hydrogens is 644 g/mol. The highest BCUT2D eigenvalue weighted by Gasteiger charge is 2.47. The number of amides is 2. The zero-order valence-electron chi connectivity index (χ0n) is 28.5. The Morgan fingerprint density at radius 1 is 1.12 bits per heavy atom. The van der Waals surface area contributed by atoms with Crippen molar-refractivity contribution in [2.45, 2.75) is 70.4 Å². The fourth-order valence-electron chi connectivity index (χ4n) is 7.98. The van der Waals surface area contributed by atoms with Gasteiger partial charge in [-0.25, -0.2) is 28.4 Å². The number of aromatic nitrogens is 3. The summed E-state index contributed by atoms with van der Waals surface area (Å²) in [6.45, 7) is 10.2. The van der Waals surface area contributed by atoms with Gasteiger partial charge in [0, 0.05) is 63.8 Å². The average molecular weight is 686 g/mol. The molecule has 2 saturated heterocycles. The van der Waals surface area contributed by atoms with Gasteiger partial charge in [0.2, 0.25) is 0 Å². The number of fused-ring (bicyclic) bond motifs is 4. The third kappa shape index (κ3) is 5.80. The van der Waals surface area contributed by atoms with E-state index in [9.17, 15) is 18.4 Å². The van der Waals surface area contributed by atoms with Crippen LogP contribution in [0.1, 0.15) is 67.2 Å². The normalized spacial score (nSPS) is 20.5. The van der Waals surface area contributed by atoms with Gasteiger partial charge in [-0.3, -0.25) is 19.0 Å². The van der Waals surface area contributed by atoms with Crippen molar-refractivity contribution in [2.24, 2.45) is 0 Å². The molecule has 8 rings (SSSR count). The lowest BCUT2D eigenvalue weighted by Gasteiger charge is -2.42. The Balaban J connectivity index is 1.13. The van der Waals surface area contributed by atoms with Crippen LogP contribution in [0.15, 0.2) is 48.8 Å². The predicted molar refractivity (Wildman–Crippen MR) is 182 cm³/mol. The number of imidazole rings is 1. The minimum absolute atomic E-state index is 0.000298. The number of benzene rings is 1. The van der Waals surface area contributed by atoms with E-state index < -0.39 is 29.6 Å². The van der Waals surface area contributed by atoms with E-state index in [0.717, 1.165) is 43.1 Å². The van der Waals surface area contributed by atoms with Crippen LogP contribution in [0.4, 0.5) is 25.1 Å². The Labute approximate surface area is 289 Å². The fourth-order valence-corrected chi connectivity index (χ4v) is 7.98.